The SMILES string of the molecule is [B]Oc1ccccc1-c1nn[nH]n1. The first kappa shape index (κ1) is 7.79. The Kier molecular flexibility index (Phi) is 1.95. The summed E-state index contributed by atoms with van der Waals surface area (Å²) < 4.78 is 4.65. The molecule has 0 aliphatic rings. The number of aromatic amines is 1. The first-order chi connectivity index (χ1) is 6.42. The van der Waals surface area contributed by atoms with E-state index in [4.69, 9.17) is 8.05 Å². The summed E-state index contributed by atoms with van der Waals surface area (Å²) in [6.45, 7) is 0. The third-order valence-corrected chi connectivity index (χ3v) is 1.60. The lowest BCUT2D eigenvalue weighted by Gasteiger charge is -2.03. The zero-order valence-corrected chi connectivity index (χ0v) is 6.64. The van der Waals surface area contributed by atoms with E-state index in [2.05, 4.69) is 25.3 Å². The third-order valence-electron chi connectivity index (χ3n) is 1.60. The van der Waals surface area contributed by atoms with E-state index < -0.39 is 0 Å². The molecule has 6 heteroatoms. The van der Waals surface area contributed by atoms with Gasteiger partial charge in [-0.25, -0.2) is 0 Å². The van der Waals surface area contributed by atoms with Crippen LogP contribution in [-0.4, -0.2) is 28.7 Å². The summed E-state index contributed by atoms with van der Waals surface area (Å²) in [5.41, 5.74) is 0.707. The predicted octanol–water partition coefficient (Wildman–Crippen LogP) is 0.329. The maximum absolute atomic E-state index is 5.07. The number of nitrogens with zero attached hydrogens (tertiary/aromatic N) is 3. The fraction of sp³-hybridized carbons (Fsp3) is 0. The first-order valence-electron chi connectivity index (χ1n) is 3.61. The van der Waals surface area contributed by atoms with Crippen LogP contribution in [-0.2, 0) is 0 Å². The van der Waals surface area contributed by atoms with E-state index in [1.807, 2.05) is 12.1 Å². The van der Waals surface area contributed by atoms with Crippen LogP contribution in [0.15, 0.2) is 24.3 Å². The second-order valence-electron chi connectivity index (χ2n) is 2.35. The van der Waals surface area contributed by atoms with Gasteiger partial charge < -0.3 is 4.65 Å². The molecule has 2 radical (unpaired) electrons. The number of tetrazole rings is 1. The zero-order valence-electron chi connectivity index (χ0n) is 6.64. The maximum Gasteiger partial charge on any atom is 0.374 e. The zero-order chi connectivity index (χ0) is 9.10. The highest BCUT2D eigenvalue weighted by molar-refractivity contribution is 6.00. The average Bonchev–Trinajstić information content (AvgIpc) is 2.70. The monoisotopic (exact) mass is 172 g/mol. The highest BCUT2D eigenvalue weighted by atomic mass is 16.4. The number of para-hydroxylation sites is 1. The summed E-state index contributed by atoms with van der Waals surface area (Å²) in [6, 6.07) is 7.18. The molecule has 62 valence electrons. The Morgan fingerprint density at radius 3 is 2.85 bits per heavy atom. The van der Waals surface area contributed by atoms with Crippen LogP contribution in [0.3, 0.4) is 0 Å². The summed E-state index contributed by atoms with van der Waals surface area (Å²) in [5, 5.41) is 13.4. The van der Waals surface area contributed by atoms with Gasteiger partial charge in [0.25, 0.3) is 0 Å². The summed E-state index contributed by atoms with van der Waals surface area (Å²) in [7, 11) is 5.07. The number of hydrogen-bond acceptors (Lipinski definition) is 4. The summed E-state index contributed by atoms with van der Waals surface area (Å²) >= 11 is 0. The Morgan fingerprint density at radius 2 is 2.15 bits per heavy atom. The van der Waals surface area contributed by atoms with Crippen molar-refractivity contribution in [3.05, 3.63) is 24.3 Å². The van der Waals surface area contributed by atoms with Crippen molar-refractivity contribution >= 4 is 8.05 Å². The molecule has 0 aliphatic heterocycles. The first-order valence-corrected chi connectivity index (χ1v) is 3.61. The second kappa shape index (κ2) is 3.26. The smallest absolute Gasteiger partial charge is 0.374 e. The molecule has 1 N–H and O–H groups in total. The van der Waals surface area contributed by atoms with Crippen molar-refractivity contribution in [2.24, 2.45) is 0 Å². The quantitative estimate of drug-likeness (QED) is 0.662. The van der Waals surface area contributed by atoms with Gasteiger partial charge in [-0.1, -0.05) is 12.1 Å². The van der Waals surface area contributed by atoms with Gasteiger partial charge >= 0.3 is 8.05 Å². The fourth-order valence-corrected chi connectivity index (χ4v) is 1.03. The van der Waals surface area contributed by atoms with E-state index in [1.54, 1.807) is 12.1 Å². The lowest BCUT2D eigenvalue weighted by atomic mass is 10.2. The number of nitrogens with one attached hydrogen (secondary N) is 1. The lowest BCUT2D eigenvalue weighted by molar-refractivity contribution is 0.617. The summed E-state index contributed by atoms with van der Waals surface area (Å²) in [4.78, 5) is 0. The molecular weight excluding hydrogens is 167 g/mol. The summed E-state index contributed by atoms with van der Waals surface area (Å²) in [5.74, 6) is 0.977. The molecule has 1 aromatic carbocycles. The van der Waals surface area contributed by atoms with E-state index in [9.17, 15) is 0 Å². The van der Waals surface area contributed by atoms with Crippen molar-refractivity contribution in [3.8, 4) is 17.1 Å². The Labute approximate surface area is 75.6 Å². The molecule has 0 saturated heterocycles. The Morgan fingerprint density at radius 1 is 1.31 bits per heavy atom. The van der Waals surface area contributed by atoms with Crippen LogP contribution < -0.4 is 4.65 Å². The number of benzene rings is 1. The predicted molar refractivity (Wildman–Crippen MR) is 46.0 cm³/mol. The molecule has 0 unspecified atom stereocenters. The molecule has 0 saturated carbocycles. The van der Waals surface area contributed by atoms with Crippen LogP contribution in [0.2, 0.25) is 0 Å². The van der Waals surface area contributed by atoms with Gasteiger partial charge in [-0.2, -0.15) is 5.21 Å². The largest absolute Gasteiger partial charge is 0.567 e. The molecule has 0 bridgehead atoms. The molecule has 0 amide bonds. The molecular formula is C7H5BN4O. The van der Waals surface area contributed by atoms with Gasteiger partial charge in [0.15, 0.2) is 0 Å². The molecule has 5 nitrogen and oxygen atoms in total. The van der Waals surface area contributed by atoms with Crippen molar-refractivity contribution in [1.29, 1.82) is 0 Å². The second-order valence-corrected chi connectivity index (χ2v) is 2.35. The van der Waals surface area contributed by atoms with Gasteiger partial charge in [-0.15, -0.1) is 10.2 Å². The van der Waals surface area contributed by atoms with Crippen molar-refractivity contribution in [2.45, 2.75) is 0 Å². The number of H-pyrrole nitrogens is 1. The summed E-state index contributed by atoms with van der Waals surface area (Å²) in [6.07, 6.45) is 0. The minimum absolute atomic E-state index is 0.459. The van der Waals surface area contributed by atoms with Crippen LogP contribution >= 0.6 is 0 Å². The van der Waals surface area contributed by atoms with Gasteiger partial charge in [0.1, 0.15) is 5.75 Å². The van der Waals surface area contributed by atoms with Gasteiger partial charge in [-0.3, -0.25) is 0 Å². The van der Waals surface area contributed by atoms with E-state index in [0.717, 1.165) is 0 Å². The number of rotatable bonds is 2. The molecule has 0 spiro atoms. The Balaban J connectivity index is 2.51. The minimum Gasteiger partial charge on any atom is -0.567 e. The molecule has 0 fully saturated rings. The average molecular weight is 172 g/mol. The topological polar surface area (TPSA) is 63.7 Å². The number of aromatic nitrogens is 4. The third kappa shape index (κ3) is 1.38. The van der Waals surface area contributed by atoms with Crippen molar-refractivity contribution in [2.75, 3.05) is 0 Å². The van der Waals surface area contributed by atoms with Crippen LogP contribution in [0.5, 0.6) is 5.75 Å². The standard InChI is InChI=1S/C7H5BN4O/c8-13-6-4-2-1-3-5(6)7-9-11-12-10-7/h1-4H,(H,9,10,11,12). The van der Waals surface area contributed by atoms with Gasteiger partial charge in [0, 0.05) is 0 Å². The van der Waals surface area contributed by atoms with Crippen molar-refractivity contribution in [1.82, 2.24) is 20.6 Å². The molecule has 2 aromatic rings. The van der Waals surface area contributed by atoms with Crippen molar-refractivity contribution < 1.29 is 4.65 Å². The number of hydrogen-bond donors (Lipinski definition) is 1. The van der Waals surface area contributed by atoms with Crippen LogP contribution in [0, 0.1) is 0 Å². The maximum atomic E-state index is 5.07. The van der Waals surface area contributed by atoms with E-state index in [1.165, 1.54) is 0 Å². The van der Waals surface area contributed by atoms with Crippen LogP contribution in [0.25, 0.3) is 11.4 Å². The van der Waals surface area contributed by atoms with E-state index in [-0.39, 0.29) is 0 Å². The van der Waals surface area contributed by atoms with Gasteiger partial charge in [0.05, 0.1) is 5.56 Å². The van der Waals surface area contributed by atoms with Gasteiger partial charge in [0.2, 0.25) is 5.82 Å². The molecule has 0 atom stereocenters. The van der Waals surface area contributed by atoms with Crippen molar-refractivity contribution in [3.63, 3.8) is 0 Å². The molecule has 1 aromatic heterocycles. The lowest BCUT2D eigenvalue weighted by Crippen LogP contribution is -1.90. The fourth-order valence-electron chi connectivity index (χ4n) is 1.03. The van der Waals surface area contributed by atoms with Crippen LogP contribution in [0.1, 0.15) is 0 Å². The Bertz CT molecular complexity index is 389. The highest BCUT2D eigenvalue weighted by Crippen LogP contribution is 2.25. The van der Waals surface area contributed by atoms with Crippen LogP contribution in [0.4, 0.5) is 0 Å². The molecule has 1 heterocycles. The molecule has 0 aliphatic carbocycles. The van der Waals surface area contributed by atoms with Gasteiger partial charge in [-0.05, 0) is 17.3 Å². The van der Waals surface area contributed by atoms with E-state index >= 15 is 0 Å². The molecule has 13 heavy (non-hydrogen) atoms. The van der Waals surface area contributed by atoms with E-state index in [0.29, 0.717) is 17.1 Å². The molecule has 2 rings (SSSR count). The normalized spacial score (nSPS) is 9.85. The minimum atomic E-state index is 0.459. The Hall–Kier alpha value is -1.85. The highest BCUT2D eigenvalue weighted by Gasteiger charge is 2.07.